The summed E-state index contributed by atoms with van der Waals surface area (Å²) in [4.78, 5) is 26.2. The molecule has 2 atom stereocenters. The Bertz CT molecular complexity index is 80.1. The van der Waals surface area contributed by atoms with Crippen molar-refractivity contribution in [1.82, 2.24) is 0 Å². The van der Waals surface area contributed by atoms with Crippen molar-refractivity contribution in [3.63, 3.8) is 0 Å². The highest BCUT2D eigenvalue weighted by Crippen LogP contribution is 2.27. The molecule has 0 aliphatic rings. The van der Waals surface area contributed by atoms with Gasteiger partial charge in [-0.1, -0.05) is 0 Å². The maximum absolute atomic E-state index is 9.86. The molecule has 0 aromatic carbocycles. The summed E-state index contributed by atoms with van der Waals surface area (Å²) in [5.41, 5.74) is 0. The molecule has 0 aromatic heterocycles. The quantitative estimate of drug-likeness (QED) is 0.484. The molecule has 0 amide bonds. The SMILES string of the molecule is O=C(O)C(PO)PO. The maximum Gasteiger partial charge on any atom is 0.319 e. The van der Waals surface area contributed by atoms with E-state index in [4.69, 9.17) is 14.9 Å². The van der Waals surface area contributed by atoms with Gasteiger partial charge in [-0.25, -0.2) is 0 Å². The first kappa shape index (κ1) is 8.25. The molecule has 0 spiro atoms. The second-order valence-corrected chi connectivity index (χ2v) is 3.28. The van der Waals surface area contributed by atoms with E-state index in [2.05, 4.69) is 0 Å². The highest BCUT2D eigenvalue weighted by Gasteiger charge is 2.14. The van der Waals surface area contributed by atoms with Crippen molar-refractivity contribution < 1.29 is 19.7 Å². The van der Waals surface area contributed by atoms with Gasteiger partial charge in [0.15, 0.2) is 0 Å². The molecule has 2 unspecified atom stereocenters. The van der Waals surface area contributed by atoms with E-state index in [1.165, 1.54) is 0 Å². The molecule has 8 heavy (non-hydrogen) atoms. The Morgan fingerprint density at radius 1 is 1.38 bits per heavy atom. The summed E-state index contributed by atoms with van der Waals surface area (Å²) >= 11 is 0. The van der Waals surface area contributed by atoms with Crippen molar-refractivity contribution in [2.75, 3.05) is 0 Å². The fourth-order valence-corrected chi connectivity index (χ4v) is 0.591. The summed E-state index contributed by atoms with van der Waals surface area (Å²) in [5, 5.41) is 7.10. The first-order valence-electron chi connectivity index (χ1n) is 1.74. The lowest BCUT2D eigenvalue weighted by Crippen LogP contribution is -2.07. The monoisotopic (exact) mass is 156 g/mol. The molecule has 0 radical (unpaired) electrons. The minimum absolute atomic E-state index is 0.708. The Labute approximate surface area is 49.7 Å². The molecule has 0 saturated heterocycles. The van der Waals surface area contributed by atoms with Gasteiger partial charge in [0.05, 0.1) is 0 Å². The summed E-state index contributed by atoms with van der Waals surface area (Å²) in [6.07, 6.45) is 0. The lowest BCUT2D eigenvalue weighted by molar-refractivity contribution is -0.134. The minimum atomic E-state index is -1.15. The van der Waals surface area contributed by atoms with E-state index in [1.54, 1.807) is 0 Å². The van der Waals surface area contributed by atoms with Crippen molar-refractivity contribution in [2.24, 2.45) is 0 Å². The van der Waals surface area contributed by atoms with E-state index >= 15 is 0 Å². The van der Waals surface area contributed by atoms with Crippen molar-refractivity contribution in [2.45, 2.75) is 5.40 Å². The number of hydrogen-bond acceptors (Lipinski definition) is 3. The lowest BCUT2D eigenvalue weighted by Gasteiger charge is -2.00. The van der Waals surface area contributed by atoms with Crippen LogP contribution in [0, 0.1) is 0 Å². The summed E-state index contributed by atoms with van der Waals surface area (Å²) in [5.74, 6) is -1.15. The second kappa shape index (κ2) is 4.16. The van der Waals surface area contributed by atoms with Crippen LogP contribution in [0.5, 0.6) is 0 Å². The smallest absolute Gasteiger partial charge is 0.319 e. The van der Waals surface area contributed by atoms with Crippen LogP contribution < -0.4 is 0 Å². The van der Waals surface area contributed by atoms with E-state index in [0.29, 0.717) is 0 Å². The molecule has 4 nitrogen and oxygen atoms in total. The first-order valence-corrected chi connectivity index (χ1v) is 3.79. The standard InChI is InChI=1S/C2H6O4P2/c3-1(4)2(7-5)8-6/h2,5-8H,(H,3,4). The summed E-state index contributed by atoms with van der Waals surface area (Å²) in [6.45, 7) is 0. The van der Waals surface area contributed by atoms with E-state index in [1.807, 2.05) is 0 Å². The second-order valence-electron chi connectivity index (χ2n) is 1.03. The average Bonchev–Trinajstić information content (AvgIpc) is 1.69. The molecule has 3 N–H and O–H groups in total. The topological polar surface area (TPSA) is 77.8 Å². The van der Waals surface area contributed by atoms with Crippen molar-refractivity contribution in [1.29, 1.82) is 0 Å². The van der Waals surface area contributed by atoms with Crippen molar-refractivity contribution in [3.8, 4) is 0 Å². The third kappa shape index (κ3) is 2.53. The molecule has 0 heterocycles. The zero-order chi connectivity index (χ0) is 6.57. The van der Waals surface area contributed by atoms with E-state index < -0.39 is 29.0 Å². The molecule has 6 heteroatoms. The molecular formula is C2H6O4P2. The molecule has 0 aliphatic heterocycles. The van der Waals surface area contributed by atoms with Crippen LogP contribution in [0.15, 0.2) is 0 Å². The Hall–Kier alpha value is 0.250. The van der Waals surface area contributed by atoms with Gasteiger partial charge < -0.3 is 14.9 Å². The van der Waals surface area contributed by atoms with E-state index in [0.717, 1.165) is 0 Å². The van der Waals surface area contributed by atoms with Crippen molar-refractivity contribution in [3.05, 3.63) is 0 Å². The molecule has 0 aliphatic carbocycles. The fourth-order valence-electron chi connectivity index (χ4n) is 0.139. The average molecular weight is 156 g/mol. The van der Waals surface area contributed by atoms with Crippen molar-refractivity contribution >= 4 is 23.6 Å². The van der Waals surface area contributed by atoms with Gasteiger partial charge in [0, 0.05) is 17.6 Å². The molecular weight excluding hydrogens is 150 g/mol. The highest BCUT2D eigenvalue weighted by molar-refractivity contribution is 7.53. The predicted molar refractivity (Wildman–Crippen MR) is 32.5 cm³/mol. The van der Waals surface area contributed by atoms with Gasteiger partial charge in [-0.15, -0.1) is 0 Å². The van der Waals surface area contributed by atoms with E-state index in [9.17, 15) is 4.79 Å². The molecule has 0 fully saturated rings. The fraction of sp³-hybridized carbons (Fsp3) is 0.500. The van der Waals surface area contributed by atoms with Crippen LogP contribution in [-0.4, -0.2) is 26.3 Å². The summed E-state index contributed by atoms with van der Waals surface area (Å²) in [7, 11) is -1.42. The Morgan fingerprint density at radius 2 is 1.75 bits per heavy atom. The number of carboxylic acid groups (broad SMARTS) is 1. The molecule has 0 aromatic rings. The molecule has 0 rings (SSSR count). The predicted octanol–water partition coefficient (Wildman–Crippen LogP) is -0.431. The Balaban J connectivity index is 3.52. The van der Waals surface area contributed by atoms with Gasteiger partial charge in [0.1, 0.15) is 5.40 Å². The lowest BCUT2D eigenvalue weighted by atomic mass is 10.8. The van der Waals surface area contributed by atoms with Gasteiger partial charge in [0.25, 0.3) is 0 Å². The molecule has 0 bridgehead atoms. The van der Waals surface area contributed by atoms with E-state index in [-0.39, 0.29) is 0 Å². The number of hydrogen-bond donors (Lipinski definition) is 3. The number of carboxylic acids is 1. The Morgan fingerprint density at radius 3 is 1.75 bits per heavy atom. The minimum Gasteiger partial charge on any atom is -0.480 e. The third-order valence-corrected chi connectivity index (χ3v) is 2.29. The third-order valence-electron chi connectivity index (χ3n) is 0.505. The number of aliphatic carboxylic acids is 1. The van der Waals surface area contributed by atoms with Crippen LogP contribution in [0.25, 0.3) is 0 Å². The van der Waals surface area contributed by atoms with Crippen LogP contribution in [0.1, 0.15) is 0 Å². The summed E-state index contributed by atoms with van der Waals surface area (Å²) < 4.78 is 0. The zero-order valence-electron chi connectivity index (χ0n) is 3.83. The van der Waals surface area contributed by atoms with Crippen LogP contribution in [0.4, 0.5) is 0 Å². The van der Waals surface area contributed by atoms with Crippen LogP contribution >= 0.6 is 17.6 Å². The highest BCUT2D eigenvalue weighted by atomic mass is 31.1. The van der Waals surface area contributed by atoms with Crippen LogP contribution in [0.2, 0.25) is 0 Å². The number of carbonyl (C=O) groups is 1. The van der Waals surface area contributed by atoms with Crippen LogP contribution in [-0.2, 0) is 4.79 Å². The van der Waals surface area contributed by atoms with Gasteiger partial charge >= 0.3 is 5.97 Å². The van der Waals surface area contributed by atoms with Gasteiger partial charge in [0.2, 0.25) is 0 Å². The zero-order valence-corrected chi connectivity index (χ0v) is 5.83. The first-order chi connectivity index (χ1) is 3.72. The van der Waals surface area contributed by atoms with Gasteiger partial charge in [-0.05, 0) is 0 Å². The molecule has 0 saturated carbocycles. The summed E-state index contributed by atoms with van der Waals surface area (Å²) in [6, 6.07) is 0. The largest absolute Gasteiger partial charge is 0.480 e. The van der Waals surface area contributed by atoms with Gasteiger partial charge in [-0.3, -0.25) is 4.79 Å². The Kier molecular flexibility index (Phi) is 4.29. The molecule has 48 valence electrons. The number of rotatable bonds is 3. The normalized spacial score (nSPS) is 16.2. The van der Waals surface area contributed by atoms with Crippen LogP contribution in [0.3, 0.4) is 0 Å². The maximum atomic E-state index is 9.86. The van der Waals surface area contributed by atoms with Gasteiger partial charge in [-0.2, -0.15) is 0 Å².